The molecule has 0 amide bonds. The lowest BCUT2D eigenvalue weighted by Gasteiger charge is -2.50. The Morgan fingerprint density at radius 3 is 2.65 bits per heavy atom. The van der Waals surface area contributed by atoms with Crippen LogP contribution in [0.5, 0.6) is 0 Å². The fourth-order valence-electron chi connectivity index (χ4n) is 3.31. The zero-order valence-corrected chi connectivity index (χ0v) is 11.9. The van der Waals surface area contributed by atoms with Gasteiger partial charge in [-0.2, -0.15) is 0 Å². The Kier molecular flexibility index (Phi) is 6.45. The first kappa shape index (κ1) is 14.9. The molecule has 2 unspecified atom stereocenters. The summed E-state index contributed by atoms with van der Waals surface area (Å²) in [5, 5.41) is 0. The molecule has 3 nitrogen and oxygen atoms in total. The van der Waals surface area contributed by atoms with E-state index in [1.807, 2.05) is 0 Å². The summed E-state index contributed by atoms with van der Waals surface area (Å²) < 4.78 is 5.50. The van der Waals surface area contributed by atoms with Crippen LogP contribution in [0.4, 0.5) is 0 Å². The summed E-state index contributed by atoms with van der Waals surface area (Å²) in [5.74, 6) is 0.711. The summed E-state index contributed by atoms with van der Waals surface area (Å²) in [4.78, 5) is 2.56. The highest BCUT2D eigenvalue weighted by atomic mass is 16.5. The number of hydrogen-bond donors (Lipinski definition) is 1. The SMILES string of the molecule is CCOCCN(CC)C1(CN)CCCCC1C. The van der Waals surface area contributed by atoms with E-state index >= 15 is 0 Å². The van der Waals surface area contributed by atoms with E-state index in [4.69, 9.17) is 10.5 Å². The molecule has 0 aromatic heterocycles. The molecule has 0 saturated heterocycles. The molecule has 1 fully saturated rings. The van der Waals surface area contributed by atoms with Gasteiger partial charge in [0, 0.05) is 25.2 Å². The molecule has 102 valence electrons. The van der Waals surface area contributed by atoms with Crippen LogP contribution in [0, 0.1) is 5.92 Å². The Hall–Kier alpha value is -0.120. The van der Waals surface area contributed by atoms with Crippen LogP contribution < -0.4 is 5.73 Å². The predicted molar refractivity (Wildman–Crippen MR) is 73.2 cm³/mol. The van der Waals surface area contributed by atoms with Crippen molar-refractivity contribution in [2.45, 2.75) is 52.0 Å². The van der Waals surface area contributed by atoms with Gasteiger partial charge in [0.15, 0.2) is 0 Å². The van der Waals surface area contributed by atoms with Crippen LogP contribution in [0.15, 0.2) is 0 Å². The van der Waals surface area contributed by atoms with Gasteiger partial charge in [0.25, 0.3) is 0 Å². The third-order valence-corrected chi connectivity index (χ3v) is 4.49. The van der Waals surface area contributed by atoms with Crippen LogP contribution in [0.25, 0.3) is 0 Å². The van der Waals surface area contributed by atoms with Crippen molar-refractivity contribution in [3.05, 3.63) is 0 Å². The van der Waals surface area contributed by atoms with Crippen LogP contribution in [-0.2, 0) is 4.74 Å². The molecule has 0 radical (unpaired) electrons. The maximum absolute atomic E-state index is 6.13. The fourth-order valence-corrected chi connectivity index (χ4v) is 3.31. The van der Waals surface area contributed by atoms with Crippen molar-refractivity contribution in [1.82, 2.24) is 4.90 Å². The van der Waals surface area contributed by atoms with Gasteiger partial charge in [-0.05, 0) is 32.2 Å². The van der Waals surface area contributed by atoms with Gasteiger partial charge in [-0.1, -0.05) is 26.7 Å². The number of nitrogens with two attached hydrogens (primary N) is 1. The second-order valence-corrected chi connectivity index (χ2v) is 5.23. The molecule has 2 atom stereocenters. The van der Waals surface area contributed by atoms with Crippen molar-refractivity contribution in [2.75, 3.05) is 32.8 Å². The maximum atomic E-state index is 6.13. The summed E-state index contributed by atoms with van der Waals surface area (Å²) in [5.41, 5.74) is 6.35. The predicted octanol–water partition coefficient (Wildman–Crippen LogP) is 2.25. The normalized spacial score (nSPS) is 29.8. The number of ether oxygens (including phenoxy) is 1. The summed E-state index contributed by atoms with van der Waals surface area (Å²) >= 11 is 0. The van der Waals surface area contributed by atoms with Gasteiger partial charge in [0.05, 0.1) is 6.61 Å². The van der Waals surface area contributed by atoms with Crippen LogP contribution >= 0.6 is 0 Å². The van der Waals surface area contributed by atoms with Gasteiger partial charge < -0.3 is 10.5 Å². The van der Waals surface area contributed by atoms with Gasteiger partial charge in [-0.3, -0.25) is 4.90 Å². The van der Waals surface area contributed by atoms with Crippen LogP contribution in [0.1, 0.15) is 46.5 Å². The molecule has 0 aliphatic heterocycles. The Morgan fingerprint density at radius 1 is 1.35 bits per heavy atom. The molecule has 1 rings (SSSR count). The smallest absolute Gasteiger partial charge is 0.0593 e. The molecule has 1 aliphatic rings. The zero-order chi connectivity index (χ0) is 12.7. The van der Waals surface area contributed by atoms with Gasteiger partial charge in [-0.25, -0.2) is 0 Å². The monoisotopic (exact) mass is 242 g/mol. The van der Waals surface area contributed by atoms with Crippen LogP contribution in [0.3, 0.4) is 0 Å². The lowest BCUT2D eigenvalue weighted by Crippen LogP contribution is -2.59. The lowest BCUT2D eigenvalue weighted by atomic mass is 9.72. The molecule has 17 heavy (non-hydrogen) atoms. The van der Waals surface area contributed by atoms with Crippen molar-refractivity contribution < 1.29 is 4.74 Å². The number of rotatable bonds is 7. The van der Waals surface area contributed by atoms with E-state index in [0.29, 0.717) is 5.92 Å². The molecular formula is C14H30N2O. The molecule has 1 saturated carbocycles. The van der Waals surface area contributed by atoms with Crippen molar-refractivity contribution >= 4 is 0 Å². The minimum Gasteiger partial charge on any atom is -0.380 e. The minimum absolute atomic E-state index is 0.226. The maximum Gasteiger partial charge on any atom is 0.0593 e. The second kappa shape index (κ2) is 7.34. The molecule has 1 aliphatic carbocycles. The van der Waals surface area contributed by atoms with Crippen LogP contribution in [-0.4, -0.2) is 43.3 Å². The van der Waals surface area contributed by atoms with E-state index in [0.717, 1.165) is 32.8 Å². The number of hydrogen-bond acceptors (Lipinski definition) is 3. The van der Waals surface area contributed by atoms with Crippen molar-refractivity contribution in [3.63, 3.8) is 0 Å². The second-order valence-electron chi connectivity index (χ2n) is 5.23. The lowest BCUT2D eigenvalue weighted by molar-refractivity contribution is -0.00347. The average Bonchev–Trinajstić information content (AvgIpc) is 2.36. The molecule has 0 heterocycles. The minimum atomic E-state index is 0.226. The Balaban J connectivity index is 2.66. The molecular weight excluding hydrogens is 212 g/mol. The summed E-state index contributed by atoms with van der Waals surface area (Å²) in [6, 6.07) is 0. The molecule has 2 N–H and O–H groups in total. The average molecular weight is 242 g/mol. The van der Waals surface area contributed by atoms with Gasteiger partial charge in [0.1, 0.15) is 0 Å². The largest absolute Gasteiger partial charge is 0.380 e. The summed E-state index contributed by atoms with van der Waals surface area (Å²) in [6.45, 7) is 11.2. The topological polar surface area (TPSA) is 38.5 Å². The highest BCUT2D eigenvalue weighted by Crippen LogP contribution is 2.37. The first-order valence-electron chi connectivity index (χ1n) is 7.24. The molecule has 0 aromatic rings. The highest BCUT2D eigenvalue weighted by molar-refractivity contribution is 4.98. The molecule has 3 heteroatoms. The third kappa shape index (κ3) is 3.43. The number of nitrogens with zero attached hydrogens (tertiary/aromatic N) is 1. The van der Waals surface area contributed by atoms with Crippen LogP contribution in [0.2, 0.25) is 0 Å². The van der Waals surface area contributed by atoms with E-state index in [2.05, 4.69) is 25.7 Å². The van der Waals surface area contributed by atoms with Crippen molar-refractivity contribution in [3.8, 4) is 0 Å². The highest BCUT2D eigenvalue weighted by Gasteiger charge is 2.41. The zero-order valence-electron chi connectivity index (χ0n) is 11.9. The summed E-state index contributed by atoms with van der Waals surface area (Å²) in [7, 11) is 0. The van der Waals surface area contributed by atoms with E-state index in [1.54, 1.807) is 0 Å². The summed E-state index contributed by atoms with van der Waals surface area (Å²) in [6.07, 6.45) is 5.27. The van der Waals surface area contributed by atoms with Gasteiger partial charge >= 0.3 is 0 Å². The first-order chi connectivity index (χ1) is 8.21. The van der Waals surface area contributed by atoms with E-state index in [1.165, 1.54) is 25.7 Å². The fraction of sp³-hybridized carbons (Fsp3) is 1.00. The Bertz CT molecular complexity index is 210. The van der Waals surface area contributed by atoms with Crippen molar-refractivity contribution in [2.24, 2.45) is 11.7 Å². The Labute approximate surface area is 107 Å². The molecule has 0 bridgehead atoms. The quantitative estimate of drug-likeness (QED) is 0.696. The van der Waals surface area contributed by atoms with Gasteiger partial charge in [-0.15, -0.1) is 0 Å². The van der Waals surface area contributed by atoms with E-state index < -0.39 is 0 Å². The molecule has 0 aromatic carbocycles. The Morgan fingerprint density at radius 2 is 2.12 bits per heavy atom. The molecule has 0 spiro atoms. The van der Waals surface area contributed by atoms with Gasteiger partial charge in [0.2, 0.25) is 0 Å². The van der Waals surface area contributed by atoms with E-state index in [9.17, 15) is 0 Å². The van der Waals surface area contributed by atoms with E-state index in [-0.39, 0.29) is 5.54 Å². The van der Waals surface area contributed by atoms with Crippen molar-refractivity contribution in [1.29, 1.82) is 0 Å². The number of likely N-dealkylation sites (N-methyl/N-ethyl adjacent to an activating group) is 1. The third-order valence-electron chi connectivity index (χ3n) is 4.49. The first-order valence-corrected chi connectivity index (χ1v) is 7.24. The standard InChI is InChI=1S/C14H30N2O/c1-4-16(10-11-17-5-2)14(12-15)9-7-6-8-13(14)3/h13H,4-12,15H2,1-3H3.